The zero-order valence-corrected chi connectivity index (χ0v) is 26.3. The number of rotatable bonds is 15. The summed E-state index contributed by atoms with van der Waals surface area (Å²) in [5.41, 5.74) is 4.99. The highest BCUT2D eigenvalue weighted by molar-refractivity contribution is 7.91. The van der Waals surface area contributed by atoms with Gasteiger partial charge in [-0.05, 0) is 118 Å². The van der Waals surface area contributed by atoms with Crippen molar-refractivity contribution in [3.8, 4) is 5.75 Å². The van der Waals surface area contributed by atoms with Gasteiger partial charge >= 0.3 is 12.1 Å². The number of nitrogens with zero attached hydrogens (tertiary/aromatic N) is 1. The first kappa shape index (κ1) is 35.3. The second kappa shape index (κ2) is 15.4. The Balaban J connectivity index is 1.24. The number of hydrogen-bond donors (Lipinski definition) is 1. The number of hydrogen-bond acceptors (Lipinski definition) is 4. The summed E-state index contributed by atoms with van der Waals surface area (Å²) in [6, 6.07) is 12.5. The minimum Gasteiger partial charge on any atom is -0.508 e. The molecule has 11 heteroatoms. The minimum atomic E-state index is -5.75. The van der Waals surface area contributed by atoms with Gasteiger partial charge in [0.25, 0.3) is 0 Å². The number of aryl methyl sites for hydroxylation is 1. The van der Waals surface area contributed by atoms with Gasteiger partial charge in [0.1, 0.15) is 11.6 Å². The van der Waals surface area contributed by atoms with Crippen LogP contribution >= 0.6 is 0 Å². The fourth-order valence-electron chi connectivity index (χ4n) is 6.69. The summed E-state index contributed by atoms with van der Waals surface area (Å²) in [6.45, 7) is 1.76. The Labute approximate surface area is 262 Å². The molecular formula is C34H43F6NO3S. The maximum absolute atomic E-state index is 14.9. The molecule has 1 N–H and O–H groups in total. The van der Waals surface area contributed by atoms with Gasteiger partial charge in [-0.15, -0.1) is 0 Å². The lowest BCUT2D eigenvalue weighted by molar-refractivity contribution is -0.282. The second-order valence-electron chi connectivity index (χ2n) is 12.4. The average molecular weight is 660 g/mol. The number of fused-ring (bicyclic) bond motifs is 1. The molecule has 0 amide bonds. The van der Waals surface area contributed by atoms with Crippen LogP contribution in [0.5, 0.6) is 5.75 Å². The summed E-state index contributed by atoms with van der Waals surface area (Å²) in [4.78, 5) is 2.33. The lowest BCUT2D eigenvalue weighted by Gasteiger charge is -2.24. The Morgan fingerprint density at radius 3 is 2.38 bits per heavy atom. The van der Waals surface area contributed by atoms with Crippen molar-refractivity contribution in [2.24, 2.45) is 0 Å². The van der Waals surface area contributed by atoms with Gasteiger partial charge in [0, 0.05) is 18.0 Å². The Morgan fingerprint density at radius 2 is 1.62 bits per heavy atom. The first-order valence-electron chi connectivity index (χ1n) is 16.0. The van der Waals surface area contributed by atoms with Crippen molar-refractivity contribution in [1.29, 1.82) is 0 Å². The zero-order chi connectivity index (χ0) is 32.7. The topological polar surface area (TPSA) is 57.6 Å². The highest BCUT2D eigenvalue weighted by atomic mass is 32.2. The monoisotopic (exact) mass is 659 g/mol. The van der Waals surface area contributed by atoms with Gasteiger partial charge in [0.15, 0.2) is 9.84 Å². The normalized spacial score (nSPS) is 18.3. The molecule has 1 unspecified atom stereocenters. The van der Waals surface area contributed by atoms with E-state index in [0.29, 0.717) is 12.0 Å². The van der Waals surface area contributed by atoms with Crippen LogP contribution in [0.25, 0.3) is 11.1 Å². The van der Waals surface area contributed by atoms with E-state index in [1.807, 2.05) is 24.3 Å². The molecule has 1 saturated heterocycles. The average Bonchev–Trinajstić information content (AvgIpc) is 3.34. The third-order valence-corrected chi connectivity index (χ3v) is 10.8. The number of halogens is 6. The number of aromatic hydroxyl groups is 1. The summed E-state index contributed by atoms with van der Waals surface area (Å²) >= 11 is 0. The molecule has 2 aliphatic rings. The molecule has 1 fully saturated rings. The van der Waals surface area contributed by atoms with Gasteiger partial charge in [0.05, 0.1) is 11.5 Å². The van der Waals surface area contributed by atoms with E-state index < -0.39 is 39.9 Å². The number of phenolic OH excluding ortho intramolecular Hbond substituents is 1. The molecule has 0 spiro atoms. The molecule has 4 nitrogen and oxygen atoms in total. The number of allylic oxidation sites excluding steroid dienone is 2. The maximum atomic E-state index is 14.9. The Morgan fingerprint density at radius 1 is 0.867 bits per heavy atom. The third kappa shape index (κ3) is 9.73. The van der Waals surface area contributed by atoms with Crippen LogP contribution in [0.15, 0.2) is 42.5 Å². The maximum Gasteiger partial charge on any atom is 0.453 e. The fraction of sp³-hybridized carbons (Fsp3) is 0.588. The molecule has 1 heterocycles. The molecule has 0 aromatic heterocycles. The molecule has 1 atom stereocenters. The van der Waals surface area contributed by atoms with E-state index in [2.05, 4.69) is 4.90 Å². The third-order valence-electron chi connectivity index (χ3n) is 9.11. The van der Waals surface area contributed by atoms with Crippen molar-refractivity contribution in [3.05, 3.63) is 65.0 Å². The van der Waals surface area contributed by atoms with Gasteiger partial charge in [-0.1, -0.05) is 37.1 Å². The molecular weight excluding hydrogens is 616 g/mol. The molecule has 2 aromatic carbocycles. The van der Waals surface area contributed by atoms with E-state index in [9.17, 15) is 39.9 Å². The first-order valence-corrected chi connectivity index (χ1v) is 17.8. The van der Waals surface area contributed by atoms with Crippen molar-refractivity contribution in [3.63, 3.8) is 0 Å². The zero-order valence-electron chi connectivity index (χ0n) is 25.5. The molecule has 0 saturated carbocycles. The van der Waals surface area contributed by atoms with Crippen LogP contribution in [0.4, 0.5) is 26.3 Å². The SMILES string of the molecule is O=S(=O)(CCCC1CCCN1CCCCCCC1=C(c2ccccc2F)CCCc2cc(O)ccc21)CCC(F)(F)C(F)(F)F. The molecule has 0 radical (unpaired) electrons. The predicted octanol–water partition coefficient (Wildman–Crippen LogP) is 8.98. The Bertz CT molecular complexity index is 1420. The van der Waals surface area contributed by atoms with Crippen LogP contribution in [0.1, 0.15) is 93.7 Å². The summed E-state index contributed by atoms with van der Waals surface area (Å²) in [5, 5.41) is 10.1. The minimum absolute atomic E-state index is 0.184. The summed E-state index contributed by atoms with van der Waals surface area (Å²) < 4.78 is 102. The first-order chi connectivity index (χ1) is 21.3. The number of alkyl halides is 5. The summed E-state index contributed by atoms with van der Waals surface area (Å²) in [7, 11) is -4.00. The van der Waals surface area contributed by atoms with Crippen molar-refractivity contribution in [1.82, 2.24) is 4.90 Å². The number of unbranched alkanes of at least 4 members (excludes halogenated alkanes) is 3. The van der Waals surface area contributed by atoms with Gasteiger partial charge < -0.3 is 10.0 Å². The van der Waals surface area contributed by atoms with E-state index in [-0.39, 0.29) is 24.0 Å². The van der Waals surface area contributed by atoms with E-state index in [4.69, 9.17) is 0 Å². The standard InChI is InChI=1S/C34H43F6NO3S/c35-32-16-5-4-14-31(32)30-15-7-10-25-24-27(42)17-18-28(25)29(30)13-3-1-2-6-20-41-21-8-11-26(41)12-9-22-45(43,44)23-19-33(36,37)34(38,39)40/h4-5,14,16-18,24,26,42H,1-3,6-13,15,19-23H2. The van der Waals surface area contributed by atoms with Gasteiger partial charge in [-0.3, -0.25) is 0 Å². The number of likely N-dealkylation sites (tertiary alicyclic amines) is 1. The second-order valence-corrected chi connectivity index (χ2v) is 14.7. The molecule has 1 aliphatic carbocycles. The fourth-order valence-corrected chi connectivity index (χ4v) is 8.07. The van der Waals surface area contributed by atoms with E-state index >= 15 is 0 Å². The van der Waals surface area contributed by atoms with E-state index in [1.165, 1.54) is 6.07 Å². The highest BCUT2D eigenvalue weighted by Crippen LogP contribution is 2.41. The summed E-state index contributed by atoms with van der Waals surface area (Å²) in [6.07, 6.45) is 2.35. The Kier molecular flexibility index (Phi) is 12.1. The van der Waals surface area contributed by atoms with Crippen LogP contribution in [-0.2, 0) is 16.3 Å². The molecule has 1 aliphatic heterocycles. The molecule has 45 heavy (non-hydrogen) atoms. The van der Waals surface area contributed by atoms with E-state index in [0.717, 1.165) is 99.6 Å². The van der Waals surface area contributed by atoms with Crippen LogP contribution in [-0.4, -0.2) is 61.2 Å². The van der Waals surface area contributed by atoms with Gasteiger partial charge in [-0.25, -0.2) is 12.8 Å². The van der Waals surface area contributed by atoms with Crippen molar-refractivity contribution >= 4 is 21.0 Å². The van der Waals surface area contributed by atoms with Gasteiger partial charge in [0.2, 0.25) is 0 Å². The van der Waals surface area contributed by atoms with Crippen molar-refractivity contribution in [2.45, 2.75) is 102 Å². The molecule has 250 valence electrons. The highest BCUT2D eigenvalue weighted by Gasteiger charge is 2.57. The lowest BCUT2D eigenvalue weighted by atomic mass is 9.89. The van der Waals surface area contributed by atoms with Crippen LogP contribution in [0.3, 0.4) is 0 Å². The molecule has 2 aromatic rings. The summed E-state index contributed by atoms with van der Waals surface area (Å²) in [5.74, 6) is -6.58. The van der Waals surface area contributed by atoms with Crippen molar-refractivity contribution < 1.29 is 39.9 Å². The van der Waals surface area contributed by atoms with Crippen molar-refractivity contribution in [2.75, 3.05) is 24.6 Å². The predicted molar refractivity (Wildman–Crippen MR) is 165 cm³/mol. The lowest BCUT2D eigenvalue weighted by Crippen LogP contribution is -2.38. The van der Waals surface area contributed by atoms with Crippen LogP contribution in [0.2, 0.25) is 0 Å². The number of sulfone groups is 1. The van der Waals surface area contributed by atoms with E-state index in [1.54, 1.807) is 12.1 Å². The quantitative estimate of drug-likeness (QED) is 0.153. The number of phenols is 1. The van der Waals surface area contributed by atoms with Gasteiger partial charge in [-0.2, -0.15) is 22.0 Å². The van der Waals surface area contributed by atoms with Crippen LogP contribution in [0, 0.1) is 5.82 Å². The van der Waals surface area contributed by atoms with Crippen LogP contribution < -0.4 is 0 Å². The number of benzene rings is 2. The Hall–Kier alpha value is -2.53. The molecule has 4 rings (SSSR count). The largest absolute Gasteiger partial charge is 0.508 e. The molecule has 0 bridgehead atoms. The smallest absolute Gasteiger partial charge is 0.453 e.